The van der Waals surface area contributed by atoms with Gasteiger partial charge in [0.15, 0.2) is 0 Å². The quantitative estimate of drug-likeness (QED) is 0.312. The van der Waals surface area contributed by atoms with E-state index in [1.165, 1.54) is 6.07 Å². The van der Waals surface area contributed by atoms with Crippen LogP contribution in [0.5, 0.6) is 5.75 Å². The van der Waals surface area contributed by atoms with Crippen LogP contribution in [0.15, 0.2) is 36.4 Å². The smallest absolute Gasteiger partial charge is 0.416 e. The molecule has 8 nitrogen and oxygen atoms in total. The number of hydrogen-bond acceptors (Lipinski definition) is 6. The zero-order valence-electron chi connectivity index (χ0n) is 28.5. The van der Waals surface area contributed by atoms with Crippen LogP contribution in [-0.2, 0) is 20.5 Å². The van der Waals surface area contributed by atoms with E-state index >= 15 is 4.39 Å². The monoisotopic (exact) mass is 689 g/mol. The molecule has 4 aliphatic rings. The number of nitrogens with zero attached hydrogens (tertiary/aromatic N) is 3. The number of halogens is 4. The number of piperidine rings is 1. The number of ether oxygens (including phenoxy) is 2. The fraction of sp³-hybridized carbons (Fsp3) is 0.622. The van der Waals surface area contributed by atoms with E-state index in [0.29, 0.717) is 49.5 Å². The van der Waals surface area contributed by atoms with E-state index < -0.39 is 47.0 Å². The summed E-state index contributed by atoms with van der Waals surface area (Å²) in [5, 5.41) is 9.51. The maximum Gasteiger partial charge on any atom is 0.416 e. The predicted octanol–water partition coefficient (Wildman–Crippen LogP) is 6.26. The molecule has 0 aromatic heterocycles. The number of amides is 1. The number of carbonyl (C=O) groups excluding carboxylic acids is 1. The zero-order chi connectivity index (χ0) is 35.1. The molecule has 2 aromatic carbocycles. The summed E-state index contributed by atoms with van der Waals surface area (Å²) in [6, 6.07) is 9.48. The summed E-state index contributed by atoms with van der Waals surface area (Å²) in [5.41, 5.74) is -0.370. The fourth-order valence-electron chi connectivity index (χ4n) is 8.81. The van der Waals surface area contributed by atoms with Crippen molar-refractivity contribution in [2.24, 2.45) is 11.8 Å². The van der Waals surface area contributed by atoms with Gasteiger partial charge in [-0.1, -0.05) is 31.0 Å². The molecule has 4 atom stereocenters. The summed E-state index contributed by atoms with van der Waals surface area (Å²) in [6.45, 7) is 3.50. The third-order valence-corrected chi connectivity index (χ3v) is 11.5. The Morgan fingerprint density at radius 3 is 2.31 bits per heavy atom. The summed E-state index contributed by atoms with van der Waals surface area (Å²) in [4.78, 5) is 31.7. The van der Waals surface area contributed by atoms with Gasteiger partial charge in [0.25, 0.3) is 5.91 Å². The van der Waals surface area contributed by atoms with Crippen LogP contribution in [0.25, 0.3) is 0 Å². The van der Waals surface area contributed by atoms with Crippen LogP contribution in [-0.4, -0.2) is 98.6 Å². The van der Waals surface area contributed by atoms with E-state index in [0.717, 1.165) is 48.9 Å². The Hall–Kier alpha value is -3.38. The third kappa shape index (κ3) is 7.00. The molecular formula is C37H47F4N3O5. The Kier molecular flexibility index (Phi) is 10.2. The van der Waals surface area contributed by atoms with Gasteiger partial charge in [0, 0.05) is 75.9 Å². The number of hydrogen-bond donors (Lipinski definition) is 1. The molecular weight excluding hydrogens is 642 g/mol. The summed E-state index contributed by atoms with van der Waals surface area (Å²) in [6.07, 6.45) is 0.167. The summed E-state index contributed by atoms with van der Waals surface area (Å²) in [5.74, 6) is -2.74. The van der Waals surface area contributed by atoms with Gasteiger partial charge >= 0.3 is 12.1 Å². The first-order valence-corrected chi connectivity index (χ1v) is 17.4. The molecule has 2 aromatic rings. The van der Waals surface area contributed by atoms with Crippen LogP contribution < -0.4 is 9.64 Å². The molecule has 0 spiro atoms. The minimum absolute atomic E-state index is 0.00753. The van der Waals surface area contributed by atoms with Crippen molar-refractivity contribution in [2.75, 3.05) is 65.0 Å². The molecule has 6 rings (SSSR count). The lowest BCUT2D eigenvalue weighted by molar-refractivity contribution is -0.143. The SMILES string of the molecule is COC[C@H]1CN(C(=O)[C@]2(F)CN(C3CCCC3)C[C@H]2c2ccc(OC)c(C)c2)C[C@@H]1c1ccc(C(F)(F)F)cc1N1CCC(C(=O)O)CC1. The van der Waals surface area contributed by atoms with Crippen LogP contribution >= 0.6 is 0 Å². The molecule has 49 heavy (non-hydrogen) atoms. The highest BCUT2D eigenvalue weighted by molar-refractivity contribution is 5.88. The van der Waals surface area contributed by atoms with Gasteiger partial charge in [-0.2, -0.15) is 13.2 Å². The van der Waals surface area contributed by atoms with Gasteiger partial charge in [0.1, 0.15) is 5.75 Å². The van der Waals surface area contributed by atoms with Gasteiger partial charge in [-0.25, -0.2) is 4.39 Å². The molecule has 4 fully saturated rings. The van der Waals surface area contributed by atoms with Gasteiger partial charge in [-0.3, -0.25) is 14.5 Å². The van der Waals surface area contributed by atoms with Gasteiger partial charge < -0.3 is 24.4 Å². The summed E-state index contributed by atoms with van der Waals surface area (Å²) < 4.78 is 70.6. The molecule has 0 bridgehead atoms. The average Bonchev–Trinajstić information content (AvgIpc) is 3.84. The number of likely N-dealkylation sites (tertiary alicyclic amines) is 2. The second-order valence-corrected chi connectivity index (χ2v) is 14.4. The molecule has 268 valence electrons. The molecule has 1 aliphatic carbocycles. The van der Waals surface area contributed by atoms with E-state index in [2.05, 4.69) is 4.90 Å². The Balaban J connectivity index is 1.32. The van der Waals surface area contributed by atoms with Crippen molar-refractivity contribution in [1.29, 1.82) is 0 Å². The average molecular weight is 690 g/mol. The van der Waals surface area contributed by atoms with Crippen molar-refractivity contribution in [2.45, 2.75) is 75.2 Å². The van der Waals surface area contributed by atoms with Crippen molar-refractivity contribution in [1.82, 2.24) is 9.80 Å². The highest BCUT2D eigenvalue weighted by atomic mass is 19.4. The second kappa shape index (κ2) is 14.1. The number of carbonyl (C=O) groups is 2. The number of methoxy groups -OCH3 is 2. The molecule has 0 unspecified atom stereocenters. The van der Waals surface area contributed by atoms with Crippen LogP contribution in [0.1, 0.15) is 72.6 Å². The lowest BCUT2D eigenvalue weighted by atomic mass is 9.84. The molecule has 1 saturated carbocycles. The van der Waals surface area contributed by atoms with Crippen molar-refractivity contribution >= 4 is 17.6 Å². The lowest BCUT2D eigenvalue weighted by Gasteiger charge is -2.35. The van der Waals surface area contributed by atoms with E-state index in [-0.39, 0.29) is 38.2 Å². The van der Waals surface area contributed by atoms with Crippen molar-refractivity contribution in [3.05, 3.63) is 58.7 Å². The lowest BCUT2D eigenvalue weighted by Crippen LogP contribution is -2.50. The molecule has 3 heterocycles. The van der Waals surface area contributed by atoms with Gasteiger partial charge in [-0.05, 0) is 67.5 Å². The van der Waals surface area contributed by atoms with Crippen LogP contribution in [0.2, 0.25) is 0 Å². The van der Waals surface area contributed by atoms with Crippen LogP contribution in [0.3, 0.4) is 0 Å². The summed E-state index contributed by atoms with van der Waals surface area (Å²) in [7, 11) is 3.13. The molecule has 12 heteroatoms. The Bertz CT molecular complexity index is 1520. The first-order valence-electron chi connectivity index (χ1n) is 17.4. The van der Waals surface area contributed by atoms with Gasteiger partial charge in [0.05, 0.1) is 25.2 Å². The molecule has 1 amide bonds. The van der Waals surface area contributed by atoms with Crippen LogP contribution in [0.4, 0.5) is 23.2 Å². The number of benzene rings is 2. The number of aliphatic carboxylic acids is 1. The first-order chi connectivity index (χ1) is 23.3. The van der Waals surface area contributed by atoms with Crippen molar-refractivity contribution in [3.8, 4) is 5.75 Å². The van der Waals surface area contributed by atoms with E-state index in [1.807, 2.05) is 30.0 Å². The van der Waals surface area contributed by atoms with Gasteiger partial charge in [-0.15, -0.1) is 0 Å². The Morgan fingerprint density at radius 2 is 1.69 bits per heavy atom. The number of anilines is 1. The standard InChI is InChI=1S/C37H47F4N3O5/c1-23-16-25(8-11-33(23)49-3)31-20-44(28-6-4-5-7-28)22-36(31,38)35(47)43-18-26(21-48-2)30(19-43)29-10-9-27(37(39,40)41)17-32(29)42-14-12-24(13-15-42)34(45)46/h8-11,16-17,24,26,28,30-31H,4-7,12-15,18-22H2,1-3H3,(H,45,46)/t26-,30+,31+,36+/m1/s1. The number of rotatable bonds is 9. The van der Waals surface area contributed by atoms with E-state index in [1.54, 1.807) is 19.1 Å². The minimum atomic E-state index is -4.57. The highest BCUT2D eigenvalue weighted by Gasteiger charge is 2.57. The number of aryl methyl sites for hydroxylation is 1. The maximum absolute atomic E-state index is 17.7. The van der Waals surface area contributed by atoms with Crippen LogP contribution in [0, 0.1) is 18.8 Å². The summed E-state index contributed by atoms with van der Waals surface area (Å²) >= 11 is 0. The maximum atomic E-state index is 17.7. The van der Waals surface area contributed by atoms with E-state index in [4.69, 9.17) is 9.47 Å². The third-order valence-electron chi connectivity index (χ3n) is 11.5. The van der Waals surface area contributed by atoms with E-state index in [9.17, 15) is 27.9 Å². The Labute approximate surface area is 285 Å². The highest BCUT2D eigenvalue weighted by Crippen LogP contribution is 2.47. The fourth-order valence-corrected chi connectivity index (χ4v) is 8.81. The first kappa shape index (κ1) is 35.4. The van der Waals surface area contributed by atoms with Crippen molar-refractivity contribution in [3.63, 3.8) is 0 Å². The number of carboxylic acids is 1. The zero-order valence-corrected chi connectivity index (χ0v) is 28.5. The molecule has 3 aliphatic heterocycles. The largest absolute Gasteiger partial charge is 0.496 e. The molecule has 0 radical (unpaired) electrons. The normalized spacial score (nSPS) is 27.3. The minimum Gasteiger partial charge on any atom is -0.496 e. The van der Waals surface area contributed by atoms with Gasteiger partial charge in [0.2, 0.25) is 5.67 Å². The Morgan fingerprint density at radius 1 is 0.980 bits per heavy atom. The topological polar surface area (TPSA) is 82.6 Å². The van der Waals surface area contributed by atoms with Crippen molar-refractivity contribution < 1.29 is 41.7 Å². The second-order valence-electron chi connectivity index (χ2n) is 14.4. The number of carboxylic acid groups (broad SMARTS) is 1. The number of alkyl halides is 4. The molecule has 3 saturated heterocycles. The predicted molar refractivity (Wildman–Crippen MR) is 177 cm³/mol. The molecule has 1 N–H and O–H groups in total.